The van der Waals surface area contributed by atoms with Crippen molar-refractivity contribution in [2.45, 2.75) is 13.0 Å². The van der Waals surface area contributed by atoms with Crippen molar-refractivity contribution in [2.75, 3.05) is 0 Å². The lowest BCUT2D eigenvalue weighted by Crippen LogP contribution is -2.15. The standard InChI is InChI=1S/C14H12BrF2N/c1-8-7-9(16)5-6-10(8)14(18)11-3-2-4-12(15)13(11)17/h2-7,14H,18H2,1H3. The van der Waals surface area contributed by atoms with E-state index >= 15 is 0 Å². The quantitative estimate of drug-likeness (QED) is 0.888. The SMILES string of the molecule is Cc1cc(F)ccc1C(N)c1cccc(Br)c1F. The molecule has 1 atom stereocenters. The molecular formula is C14H12BrF2N. The van der Waals surface area contributed by atoms with Crippen LogP contribution in [0.2, 0.25) is 0 Å². The van der Waals surface area contributed by atoms with Gasteiger partial charge in [-0.15, -0.1) is 0 Å². The summed E-state index contributed by atoms with van der Waals surface area (Å²) in [4.78, 5) is 0. The first-order valence-electron chi connectivity index (χ1n) is 5.46. The van der Waals surface area contributed by atoms with Crippen molar-refractivity contribution in [3.63, 3.8) is 0 Å². The molecule has 2 N–H and O–H groups in total. The number of nitrogens with two attached hydrogens (primary N) is 1. The van der Waals surface area contributed by atoms with E-state index in [0.29, 0.717) is 21.2 Å². The van der Waals surface area contributed by atoms with Crippen LogP contribution in [0.1, 0.15) is 22.7 Å². The van der Waals surface area contributed by atoms with E-state index in [4.69, 9.17) is 5.73 Å². The second kappa shape index (κ2) is 5.16. The van der Waals surface area contributed by atoms with Crippen molar-refractivity contribution in [2.24, 2.45) is 5.73 Å². The van der Waals surface area contributed by atoms with Gasteiger partial charge in [0.15, 0.2) is 0 Å². The summed E-state index contributed by atoms with van der Waals surface area (Å²) < 4.78 is 27.4. The number of benzene rings is 2. The third kappa shape index (κ3) is 2.44. The van der Waals surface area contributed by atoms with Gasteiger partial charge in [-0.2, -0.15) is 0 Å². The lowest BCUT2D eigenvalue weighted by atomic mass is 9.95. The Morgan fingerprint density at radius 3 is 2.50 bits per heavy atom. The molecule has 1 unspecified atom stereocenters. The molecule has 0 bridgehead atoms. The second-order valence-electron chi connectivity index (χ2n) is 4.12. The van der Waals surface area contributed by atoms with Crippen molar-refractivity contribution in [3.05, 3.63) is 69.2 Å². The molecule has 18 heavy (non-hydrogen) atoms. The van der Waals surface area contributed by atoms with E-state index in [1.165, 1.54) is 12.1 Å². The summed E-state index contributed by atoms with van der Waals surface area (Å²) in [7, 11) is 0. The smallest absolute Gasteiger partial charge is 0.142 e. The number of hydrogen-bond donors (Lipinski definition) is 1. The average Bonchev–Trinajstić information content (AvgIpc) is 2.32. The number of halogens is 3. The van der Waals surface area contributed by atoms with Crippen molar-refractivity contribution in [1.82, 2.24) is 0 Å². The number of hydrogen-bond acceptors (Lipinski definition) is 1. The molecule has 0 amide bonds. The Morgan fingerprint density at radius 1 is 1.11 bits per heavy atom. The van der Waals surface area contributed by atoms with E-state index < -0.39 is 6.04 Å². The lowest BCUT2D eigenvalue weighted by Gasteiger charge is -2.16. The Balaban J connectivity index is 2.48. The van der Waals surface area contributed by atoms with Gasteiger partial charge in [-0.25, -0.2) is 8.78 Å². The highest BCUT2D eigenvalue weighted by molar-refractivity contribution is 9.10. The predicted molar refractivity (Wildman–Crippen MR) is 71.3 cm³/mol. The van der Waals surface area contributed by atoms with Gasteiger partial charge in [0, 0.05) is 5.56 Å². The van der Waals surface area contributed by atoms with Crippen LogP contribution in [0.4, 0.5) is 8.78 Å². The number of rotatable bonds is 2. The van der Waals surface area contributed by atoms with Gasteiger partial charge in [-0.3, -0.25) is 0 Å². The molecule has 4 heteroatoms. The van der Waals surface area contributed by atoms with Gasteiger partial charge in [-0.05, 0) is 52.2 Å². The monoisotopic (exact) mass is 311 g/mol. The summed E-state index contributed by atoms with van der Waals surface area (Å²) in [5.41, 5.74) is 7.87. The summed E-state index contributed by atoms with van der Waals surface area (Å²) >= 11 is 3.13. The van der Waals surface area contributed by atoms with Gasteiger partial charge < -0.3 is 5.73 Å². The van der Waals surface area contributed by atoms with Crippen molar-refractivity contribution in [1.29, 1.82) is 0 Å². The minimum atomic E-state index is -0.608. The normalized spacial score (nSPS) is 12.5. The minimum absolute atomic E-state index is 0.321. The van der Waals surface area contributed by atoms with Crippen LogP contribution in [0.5, 0.6) is 0 Å². The molecule has 0 aliphatic rings. The maximum Gasteiger partial charge on any atom is 0.142 e. The molecule has 2 rings (SSSR count). The first-order chi connectivity index (χ1) is 8.50. The molecule has 2 aromatic rings. The van der Waals surface area contributed by atoms with Gasteiger partial charge in [0.1, 0.15) is 11.6 Å². The molecule has 0 aliphatic heterocycles. The highest BCUT2D eigenvalue weighted by Crippen LogP contribution is 2.28. The van der Waals surface area contributed by atoms with Crippen LogP contribution in [0, 0.1) is 18.6 Å². The molecule has 0 fully saturated rings. The zero-order chi connectivity index (χ0) is 13.3. The predicted octanol–water partition coefficient (Wildman–Crippen LogP) is 4.08. The van der Waals surface area contributed by atoms with Crippen LogP contribution in [0.3, 0.4) is 0 Å². The van der Waals surface area contributed by atoms with Crippen LogP contribution in [-0.4, -0.2) is 0 Å². The average molecular weight is 312 g/mol. The first-order valence-corrected chi connectivity index (χ1v) is 6.25. The molecule has 0 radical (unpaired) electrons. The molecule has 1 nitrogen and oxygen atoms in total. The van der Waals surface area contributed by atoms with Crippen LogP contribution in [0.15, 0.2) is 40.9 Å². The summed E-state index contributed by atoms with van der Waals surface area (Å²) in [6.45, 7) is 1.76. The molecular weight excluding hydrogens is 300 g/mol. The molecule has 0 aliphatic carbocycles. The fraction of sp³-hybridized carbons (Fsp3) is 0.143. The second-order valence-corrected chi connectivity index (χ2v) is 4.98. The van der Waals surface area contributed by atoms with E-state index in [0.717, 1.165) is 0 Å². The van der Waals surface area contributed by atoms with Gasteiger partial charge in [-0.1, -0.05) is 18.2 Å². The number of aryl methyl sites for hydroxylation is 1. The van der Waals surface area contributed by atoms with Gasteiger partial charge in [0.25, 0.3) is 0 Å². The first kappa shape index (κ1) is 13.2. The van der Waals surface area contributed by atoms with E-state index in [1.807, 2.05) is 0 Å². The minimum Gasteiger partial charge on any atom is -0.320 e. The molecule has 0 aromatic heterocycles. The Kier molecular flexibility index (Phi) is 3.78. The Bertz CT molecular complexity index is 584. The van der Waals surface area contributed by atoms with Crippen molar-refractivity contribution < 1.29 is 8.78 Å². The largest absolute Gasteiger partial charge is 0.320 e. The van der Waals surface area contributed by atoms with Gasteiger partial charge >= 0.3 is 0 Å². The van der Waals surface area contributed by atoms with E-state index in [1.54, 1.807) is 31.2 Å². The third-order valence-electron chi connectivity index (χ3n) is 2.88. The van der Waals surface area contributed by atoms with Gasteiger partial charge in [0.05, 0.1) is 10.5 Å². The molecule has 0 saturated heterocycles. The van der Waals surface area contributed by atoms with Crippen molar-refractivity contribution >= 4 is 15.9 Å². The highest BCUT2D eigenvalue weighted by atomic mass is 79.9. The lowest BCUT2D eigenvalue weighted by molar-refractivity contribution is 0.592. The van der Waals surface area contributed by atoms with Crippen LogP contribution in [0.25, 0.3) is 0 Å². The molecule has 0 saturated carbocycles. The van der Waals surface area contributed by atoms with Crippen LogP contribution >= 0.6 is 15.9 Å². The molecule has 0 spiro atoms. The maximum absolute atomic E-state index is 13.9. The fourth-order valence-electron chi connectivity index (χ4n) is 1.92. The van der Waals surface area contributed by atoms with E-state index in [-0.39, 0.29) is 11.6 Å². The Morgan fingerprint density at radius 2 is 1.83 bits per heavy atom. The summed E-state index contributed by atoms with van der Waals surface area (Å²) in [6, 6.07) is 8.68. The third-order valence-corrected chi connectivity index (χ3v) is 3.50. The van der Waals surface area contributed by atoms with Crippen LogP contribution in [-0.2, 0) is 0 Å². The zero-order valence-corrected chi connectivity index (χ0v) is 11.3. The fourth-order valence-corrected chi connectivity index (χ4v) is 2.30. The highest BCUT2D eigenvalue weighted by Gasteiger charge is 2.17. The molecule has 2 aromatic carbocycles. The van der Waals surface area contributed by atoms with E-state index in [9.17, 15) is 8.78 Å². The summed E-state index contributed by atoms with van der Waals surface area (Å²) in [5.74, 6) is -0.702. The zero-order valence-electron chi connectivity index (χ0n) is 9.75. The van der Waals surface area contributed by atoms with E-state index in [2.05, 4.69) is 15.9 Å². The topological polar surface area (TPSA) is 26.0 Å². The van der Waals surface area contributed by atoms with Crippen LogP contribution < -0.4 is 5.73 Å². The molecule has 94 valence electrons. The molecule has 0 heterocycles. The maximum atomic E-state index is 13.9. The summed E-state index contributed by atoms with van der Waals surface area (Å²) in [5, 5.41) is 0. The van der Waals surface area contributed by atoms with Crippen molar-refractivity contribution in [3.8, 4) is 0 Å². The Labute approximate surface area is 113 Å². The summed E-state index contributed by atoms with van der Waals surface area (Å²) in [6.07, 6.45) is 0. The van der Waals surface area contributed by atoms with Gasteiger partial charge in [0.2, 0.25) is 0 Å². The Hall–Kier alpha value is -1.26.